The molecule has 0 aliphatic carbocycles. The van der Waals surface area contributed by atoms with E-state index in [1.807, 2.05) is 42.5 Å². The van der Waals surface area contributed by atoms with Gasteiger partial charge in [-0.25, -0.2) is 0 Å². The summed E-state index contributed by atoms with van der Waals surface area (Å²) in [6.07, 6.45) is 3.25. The molecule has 2 bridgehead atoms. The van der Waals surface area contributed by atoms with Crippen LogP contribution in [0, 0.1) is 16.7 Å². The van der Waals surface area contributed by atoms with Crippen molar-refractivity contribution in [2.24, 2.45) is 5.41 Å². The van der Waals surface area contributed by atoms with Gasteiger partial charge in [-0.2, -0.15) is 5.26 Å². The fourth-order valence-electron chi connectivity index (χ4n) is 6.40. The maximum absolute atomic E-state index is 10.8. The van der Waals surface area contributed by atoms with Gasteiger partial charge in [0, 0.05) is 19.3 Å². The number of benzene rings is 3. The summed E-state index contributed by atoms with van der Waals surface area (Å²) in [4.78, 5) is 0. The van der Waals surface area contributed by atoms with Gasteiger partial charge in [0.15, 0.2) is 0 Å². The monoisotopic (exact) mass is 423 g/mol. The van der Waals surface area contributed by atoms with Crippen molar-refractivity contribution >= 4 is 0 Å². The topological polar surface area (TPSA) is 33.0 Å². The van der Waals surface area contributed by atoms with Gasteiger partial charge < -0.3 is 9.22 Å². The van der Waals surface area contributed by atoms with Crippen LogP contribution in [0.4, 0.5) is 0 Å². The van der Waals surface area contributed by atoms with Crippen LogP contribution in [0.1, 0.15) is 30.4 Å². The molecule has 32 heavy (non-hydrogen) atoms. The highest BCUT2D eigenvalue weighted by molar-refractivity contribution is 5.49. The Balaban J connectivity index is 1.39. The van der Waals surface area contributed by atoms with Gasteiger partial charge in [-0.1, -0.05) is 78.9 Å². The molecule has 2 aliphatic heterocycles. The Morgan fingerprint density at radius 3 is 1.88 bits per heavy atom. The fraction of sp³-hybridized carbons (Fsp3) is 0.345. The number of para-hydroxylation sites is 1. The first-order valence-electron chi connectivity index (χ1n) is 11.8. The van der Waals surface area contributed by atoms with Crippen LogP contribution in [0.5, 0.6) is 5.75 Å². The van der Waals surface area contributed by atoms with Crippen LogP contribution in [-0.4, -0.2) is 37.3 Å². The molecule has 2 aliphatic rings. The Morgan fingerprint density at radius 1 is 0.812 bits per heavy atom. The Morgan fingerprint density at radius 2 is 1.34 bits per heavy atom. The molecule has 2 fully saturated rings. The molecule has 3 nitrogen and oxygen atoms in total. The van der Waals surface area contributed by atoms with Gasteiger partial charge in [0.1, 0.15) is 11.2 Å². The average molecular weight is 424 g/mol. The number of piperidine rings is 1. The van der Waals surface area contributed by atoms with Crippen molar-refractivity contribution in [3.8, 4) is 11.8 Å². The summed E-state index contributed by atoms with van der Waals surface area (Å²) in [6.45, 7) is 5.27. The second kappa shape index (κ2) is 8.45. The van der Waals surface area contributed by atoms with Crippen molar-refractivity contribution in [3.05, 3.63) is 102 Å². The molecular weight excluding hydrogens is 392 g/mol. The lowest BCUT2D eigenvalue weighted by Gasteiger charge is -2.41. The Bertz CT molecular complexity index is 1020. The molecule has 0 atom stereocenters. The van der Waals surface area contributed by atoms with Gasteiger partial charge in [-0.15, -0.1) is 0 Å². The lowest BCUT2D eigenvalue weighted by Crippen LogP contribution is -2.46. The van der Waals surface area contributed by atoms with Crippen molar-refractivity contribution < 1.29 is 9.22 Å². The molecule has 0 aromatic heterocycles. The summed E-state index contributed by atoms with van der Waals surface area (Å²) in [5.74, 6) is 0.946. The highest BCUT2D eigenvalue weighted by Crippen LogP contribution is 2.59. The van der Waals surface area contributed by atoms with Gasteiger partial charge in [0.25, 0.3) is 0 Å². The summed E-state index contributed by atoms with van der Waals surface area (Å²) in [5, 5.41) is 10.8. The minimum absolute atomic E-state index is 0.0231. The van der Waals surface area contributed by atoms with E-state index in [0.29, 0.717) is 0 Å². The Labute approximate surface area is 191 Å². The van der Waals surface area contributed by atoms with Crippen molar-refractivity contribution in [1.29, 1.82) is 5.26 Å². The lowest BCUT2D eigenvalue weighted by molar-refractivity contribution is -0.909. The largest absolute Gasteiger partial charge is 0.493 e. The third-order valence-electron chi connectivity index (χ3n) is 7.93. The first-order valence-corrected chi connectivity index (χ1v) is 11.8. The summed E-state index contributed by atoms with van der Waals surface area (Å²) < 4.78 is 7.09. The van der Waals surface area contributed by atoms with Crippen LogP contribution in [0.2, 0.25) is 0 Å². The normalized spacial score (nSPS) is 24.2. The summed E-state index contributed by atoms with van der Waals surface area (Å²) >= 11 is 0. The van der Waals surface area contributed by atoms with Crippen LogP contribution in [0.25, 0.3) is 0 Å². The second-order valence-corrected chi connectivity index (χ2v) is 9.56. The number of nitriles is 1. The smallest absolute Gasteiger partial charge is 0.119 e. The third kappa shape index (κ3) is 3.40. The molecule has 0 unspecified atom stereocenters. The van der Waals surface area contributed by atoms with Crippen molar-refractivity contribution in [1.82, 2.24) is 0 Å². The van der Waals surface area contributed by atoms with Crippen molar-refractivity contribution in [2.45, 2.75) is 24.7 Å². The van der Waals surface area contributed by atoms with Crippen molar-refractivity contribution in [2.75, 3.05) is 32.8 Å². The summed E-state index contributed by atoms with van der Waals surface area (Å²) in [5.41, 5.74) is 1.66. The van der Waals surface area contributed by atoms with E-state index >= 15 is 0 Å². The number of ether oxygens (including phenoxy) is 1. The predicted molar refractivity (Wildman–Crippen MR) is 127 cm³/mol. The molecule has 2 saturated heterocycles. The van der Waals surface area contributed by atoms with Gasteiger partial charge in [0.2, 0.25) is 0 Å². The number of fused-ring (bicyclic) bond motifs is 2. The number of quaternary nitrogens is 1. The minimum atomic E-state index is -0.605. The summed E-state index contributed by atoms with van der Waals surface area (Å²) in [6, 6.07) is 34.0. The average Bonchev–Trinajstić information content (AvgIpc) is 3.43. The van der Waals surface area contributed by atoms with E-state index in [2.05, 4.69) is 54.6 Å². The maximum atomic E-state index is 10.8. The molecule has 3 aromatic carbocycles. The zero-order valence-electron chi connectivity index (χ0n) is 18.6. The zero-order valence-corrected chi connectivity index (χ0v) is 18.6. The molecule has 5 rings (SSSR count). The van der Waals surface area contributed by atoms with Gasteiger partial charge >= 0.3 is 0 Å². The van der Waals surface area contributed by atoms with E-state index in [1.54, 1.807) is 0 Å². The molecule has 162 valence electrons. The predicted octanol–water partition coefficient (Wildman–Crippen LogP) is 5.58. The van der Waals surface area contributed by atoms with E-state index in [1.165, 1.54) is 0 Å². The van der Waals surface area contributed by atoms with E-state index in [9.17, 15) is 5.26 Å². The SMILES string of the molecule is N#CC(c1ccccc1)(c1ccccc1)C12CC[N+](CCCOc3ccccc3)(CC1)C2. The maximum Gasteiger partial charge on any atom is 0.119 e. The molecule has 0 saturated carbocycles. The number of rotatable bonds is 8. The van der Waals surface area contributed by atoms with Crippen LogP contribution >= 0.6 is 0 Å². The number of hydrogen-bond donors (Lipinski definition) is 0. The first-order chi connectivity index (χ1) is 15.7. The quantitative estimate of drug-likeness (QED) is 0.350. The van der Waals surface area contributed by atoms with E-state index in [-0.39, 0.29) is 5.41 Å². The van der Waals surface area contributed by atoms with E-state index in [0.717, 1.165) is 73.4 Å². The van der Waals surface area contributed by atoms with Crippen LogP contribution in [0.3, 0.4) is 0 Å². The van der Waals surface area contributed by atoms with Crippen LogP contribution < -0.4 is 4.74 Å². The standard InChI is InChI=1S/C29H31N2O/c30-23-29(25-11-4-1-5-12-25,26-13-6-2-7-14-26)28-17-20-31(24-28,21-18-28)19-10-22-32-27-15-8-3-9-16-27/h1-9,11-16H,10,17-22,24H2/q+1. The molecule has 2 heterocycles. The van der Waals surface area contributed by atoms with Crippen LogP contribution in [0.15, 0.2) is 91.0 Å². The van der Waals surface area contributed by atoms with Gasteiger partial charge in [-0.05, 0) is 23.3 Å². The second-order valence-electron chi connectivity index (χ2n) is 9.56. The molecule has 0 N–H and O–H groups in total. The zero-order chi connectivity index (χ0) is 21.9. The molecule has 0 radical (unpaired) electrons. The van der Waals surface area contributed by atoms with Gasteiger partial charge in [0.05, 0.1) is 44.3 Å². The Hall–Kier alpha value is -3.09. The number of nitrogens with zero attached hydrogens (tertiary/aromatic N) is 2. The lowest BCUT2D eigenvalue weighted by atomic mass is 9.56. The van der Waals surface area contributed by atoms with E-state index < -0.39 is 5.41 Å². The molecule has 3 heteroatoms. The number of hydrogen-bond acceptors (Lipinski definition) is 2. The highest BCUT2D eigenvalue weighted by Gasteiger charge is 2.66. The highest BCUT2D eigenvalue weighted by atomic mass is 16.5. The molecule has 3 aromatic rings. The van der Waals surface area contributed by atoms with Gasteiger partial charge in [-0.3, -0.25) is 0 Å². The molecule has 0 spiro atoms. The van der Waals surface area contributed by atoms with Crippen molar-refractivity contribution in [3.63, 3.8) is 0 Å². The first kappa shape index (κ1) is 20.8. The fourth-order valence-corrected chi connectivity index (χ4v) is 6.40. The third-order valence-corrected chi connectivity index (χ3v) is 7.93. The summed E-state index contributed by atoms with van der Waals surface area (Å²) in [7, 11) is 0. The Kier molecular flexibility index (Phi) is 5.49. The molecular formula is C29H31N2O+. The minimum Gasteiger partial charge on any atom is -0.493 e. The van der Waals surface area contributed by atoms with Crippen LogP contribution in [-0.2, 0) is 5.41 Å². The molecule has 0 amide bonds. The van der Waals surface area contributed by atoms with E-state index in [4.69, 9.17) is 4.74 Å².